The smallest absolute Gasteiger partial charge is 0.274 e. The molecule has 2 heterocycles. The van der Waals surface area contributed by atoms with Crippen molar-refractivity contribution < 1.29 is 14.1 Å². The van der Waals surface area contributed by atoms with Gasteiger partial charge in [-0.15, -0.1) is 0 Å². The van der Waals surface area contributed by atoms with Gasteiger partial charge in [0.25, 0.3) is 5.91 Å². The van der Waals surface area contributed by atoms with Crippen LogP contribution in [0.15, 0.2) is 71.6 Å². The molecule has 152 valence electrons. The second-order valence-corrected chi connectivity index (χ2v) is 6.71. The summed E-state index contributed by atoms with van der Waals surface area (Å²) in [5.74, 6) is 1.14. The van der Waals surface area contributed by atoms with E-state index >= 15 is 0 Å². The normalized spacial score (nSPS) is 10.7. The number of carbonyl (C=O) groups excluding carboxylic acids is 1. The molecule has 8 heteroatoms. The molecule has 0 saturated carbocycles. The van der Waals surface area contributed by atoms with E-state index in [1.165, 1.54) is 6.39 Å². The lowest BCUT2D eigenvalue weighted by Gasteiger charge is -2.14. The summed E-state index contributed by atoms with van der Waals surface area (Å²) in [4.78, 5) is 18.6. The van der Waals surface area contributed by atoms with E-state index in [9.17, 15) is 4.79 Å². The topological polar surface area (TPSA) is 86.3 Å². The summed E-state index contributed by atoms with van der Waals surface area (Å²) in [6.45, 7) is 0.453. The summed E-state index contributed by atoms with van der Waals surface area (Å²) in [6.07, 6.45) is 1.78. The molecule has 0 N–H and O–H groups in total. The zero-order valence-electron chi connectivity index (χ0n) is 16.7. The van der Waals surface area contributed by atoms with Crippen LogP contribution >= 0.6 is 0 Å². The lowest BCUT2D eigenvalue weighted by Crippen LogP contribution is -2.29. The van der Waals surface area contributed by atoms with E-state index in [4.69, 9.17) is 9.26 Å². The predicted octanol–water partition coefficient (Wildman–Crippen LogP) is 3.25. The maximum Gasteiger partial charge on any atom is 0.274 e. The summed E-state index contributed by atoms with van der Waals surface area (Å²) in [7, 11) is 3.36. The zero-order valence-corrected chi connectivity index (χ0v) is 16.7. The highest BCUT2D eigenvalue weighted by Gasteiger charge is 2.20. The van der Waals surface area contributed by atoms with Gasteiger partial charge >= 0.3 is 0 Å². The molecule has 0 saturated heterocycles. The highest BCUT2D eigenvalue weighted by Crippen LogP contribution is 2.25. The lowest BCUT2D eigenvalue weighted by atomic mass is 10.1. The maximum absolute atomic E-state index is 13.0. The summed E-state index contributed by atoms with van der Waals surface area (Å²) in [5.41, 5.74) is 2.99. The fourth-order valence-electron chi connectivity index (χ4n) is 3.09. The summed E-state index contributed by atoms with van der Waals surface area (Å²) < 4.78 is 11.8. The van der Waals surface area contributed by atoms with Crippen LogP contribution in [0.3, 0.4) is 0 Å². The Bertz CT molecular complexity index is 1110. The fourth-order valence-corrected chi connectivity index (χ4v) is 3.09. The van der Waals surface area contributed by atoms with Gasteiger partial charge in [-0.3, -0.25) is 4.79 Å². The number of hydrogen-bond donors (Lipinski definition) is 0. The Labute approximate surface area is 173 Å². The SMILES string of the molecule is COc1ccc(-n2nc(C(=O)N(C)CCc3ncon3)cc2-c2ccccc2)cc1. The number of likely N-dealkylation sites (N-methyl/N-ethyl adjacent to an activating group) is 1. The van der Waals surface area contributed by atoms with Crippen molar-refractivity contribution >= 4 is 5.91 Å². The van der Waals surface area contributed by atoms with Crippen molar-refractivity contribution in [1.29, 1.82) is 0 Å². The van der Waals surface area contributed by atoms with Crippen molar-refractivity contribution in [3.05, 3.63) is 78.6 Å². The second kappa shape index (κ2) is 8.60. The number of ether oxygens (including phenoxy) is 1. The number of amides is 1. The molecule has 0 fully saturated rings. The Morgan fingerprint density at radius 1 is 1.13 bits per heavy atom. The molecule has 30 heavy (non-hydrogen) atoms. The predicted molar refractivity (Wildman–Crippen MR) is 111 cm³/mol. The number of nitrogens with zero attached hydrogens (tertiary/aromatic N) is 5. The van der Waals surface area contributed by atoms with Crippen molar-refractivity contribution in [3.63, 3.8) is 0 Å². The van der Waals surface area contributed by atoms with E-state index in [1.807, 2.05) is 60.7 Å². The van der Waals surface area contributed by atoms with Crippen molar-refractivity contribution in [2.24, 2.45) is 0 Å². The van der Waals surface area contributed by atoms with Crippen molar-refractivity contribution in [3.8, 4) is 22.7 Å². The van der Waals surface area contributed by atoms with Crippen LogP contribution in [-0.2, 0) is 6.42 Å². The number of aromatic nitrogens is 4. The molecular weight excluding hydrogens is 382 g/mol. The molecular formula is C22H21N5O3. The average Bonchev–Trinajstić information content (AvgIpc) is 3.48. The first-order valence-corrected chi connectivity index (χ1v) is 9.46. The number of carbonyl (C=O) groups is 1. The first-order valence-electron chi connectivity index (χ1n) is 9.46. The summed E-state index contributed by atoms with van der Waals surface area (Å²) >= 11 is 0. The molecule has 0 aliphatic carbocycles. The Kier molecular flexibility index (Phi) is 5.56. The zero-order chi connectivity index (χ0) is 20.9. The van der Waals surface area contributed by atoms with E-state index in [1.54, 1.807) is 23.7 Å². The van der Waals surface area contributed by atoms with Crippen LogP contribution in [0.1, 0.15) is 16.3 Å². The molecule has 0 aliphatic rings. The van der Waals surface area contributed by atoms with E-state index < -0.39 is 0 Å². The lowest BCUT2D eigenvalue weighted by molar-refractivity contribution is 0.0789. The third kappa shape index (κ3) is 4.07. The van der Waals surface area contributed by atoms with Crippen LogP contribution < -0.4 is 4.74 Å². The van der Waals surface area contributed by atoms with Crippen molar-refractivity contribution in [2.75, 3.05) is 20.7 Å². The van der Waals surface area contributed by atoms with E-state index in [-0.39, 0.29) is 5.91 Å². The molecule has 0 radical (unpaired) electrons. The van der Waals surface area contributed by atoms with Crippen LogP contribution in [0.4, 0.5) is 0 Å². The van der Waals surface area contributed by atoms with Gasteiger partial charge in [-0.25, -0.2) is 4.68 Å². The van der Waals surface area contributed by atoms with E-state index in [0.29, 0.717) is 24.5 Å². The number of hydrogen-bond acceptors (Lipinski definition) is 6. The van der Waals surface area contributed by atoms with Gasteiger partial charge in [-0.1, -0.05) is 35.5 Å². The molecule has 4 rings (SSSR count). The largest absolute Gasteiger partial charge is 0.497 e. The van der Waals surface area contributed by atoms with Crippen LogP contribution in [0.5, 0.6) is 5.75 Å². The summed E-state index contributed by atoms with van der Waals surface area (Å²) in [5, 5.41) is 8.39. The third-order valence-electron chi connectivity index (χ3n) is 4.74. The van der Waals surface area contributed by atoms with Crippen LogP contribution in [0, 0.1) is 0 Å². The first-order chi connectivity index (χ1) is 14.7. The summed E-state index contributed by atoms with van der Waals surface area (Å²) in [6, 6.07) is 19.2. The highest BCUT2D eigenvalue weighted by atomic mass is 16.5. The van der Waals surface area contributed by atoms with Gasteiger partial charge in [-0.05, 0) is 30.3 Å². The van der Waals surface area contributed by atoms with Gasteiger partial charge in [-0.2, -0.15) is 10.1 Å². The Morgan fingerprint density at radius 2 is 1.90 bits per heavy atom. The quantitative estimate of drug-likeness (QED) is 0.471. The van der Waals surface area contributed by atoms with E-state index in [2.05, 4.69) is 15.2 Å². The van der Waals surface area contributed by atoms with Gasteiger partial charge < -0.3 is 14.2 Å². The molecule has 4 aromatic rings. The minimum Gasteiger partial charge on any atom is -0.497 e. The molecule has 2 aromatic carbocycles. The van der Waals surface area contributed by atoms with Crippen LogP contribution in [0.2, 0.25) is 0 Å². The number of benzene rings is 2. The van der Waals surface area contributed by atoms with Crippen molar-refractivity contribution in [2.45, 2.75) is 6.42 Å². The van der Waals surface area contributed by atoms with Crippen LogP contribution in [-0.4, -0.2) is 51.4 Å². The highest BCUT2D eigenvalue weighted by molar-refractivity contribution is 5.93. The minimum absolute atomic E-state index is 0.178. The van der Waals surface area contributed by atoms with Gasteiger partial charge in [0.2, 0.25) is 6.39 Å². The standard InChI is InChI=1S/C22H21N5O3/c1-26(13-12-21-23-15-30-25-21)22(28)19-14-20(16-6-4-3-5-7-16)27(24-19)17-8-10-18(29-2)11-9-17/h3-11,14-15H,12-13H2,1-2H3. The number of rotatable bonds is 7. The first kappa shape index (κ1) is 19.4. The molecule has 1 amide bonds. The maximum atomic E-state index is 13.0. The monoisotopic (exact) mass is 403 g/mol. The Hall–Kier alpha value is -3.94. The molecule has 0 atom stereocenters. The molecule has 0 spiro atoms. The average molecular weight is 403 g/mol. The molecule has 0 bridgehead atoms. The molecule has 2 aromatic heterocycles. The van der Waals surface area contributed by atoms with Gasteiger partial charge in [0, 0.05) is 25.6 Å². The molecule has 8 nitrogen and oxygen atoms in total. The van der Waals surface area contributed by atoms with Crippen LogP contribution in [0.25, 0.3) is 16.9 Å². The fraction of sp³-hybridized carbons (Fsp3) is 0.182. The molecule has 0 unspecified atom stereocenters. The number of methoxy groups -OCH3 is 1. The van der Waals surface area contributed by atoms with Crippen molar-refractivity contribution in [1.82, 2.24) is 24.8 Å². The van der Waals surface area contributed by atoms with Gasteiger partial charge in [0.15, 0.2) is 11.5 Å². The second-order valence-electron chi connectivity index (χ2n) is 6.71. The minimum atomic E-state index is -0.178. The van der Waals surface area contributed by atoms with Gasteiger partial charge in [0.1, 0.15) is 5.75 Å². The Balaban J connectivity index is 1.65. The third-order valence-corrected chi connectivity index (χ3v) is 4.74. The van der Waals surface area contributed by atoms with E-state index in [0.717, 1.165) is 22.7 Å². The van der Waals surface area contributed by atoms with Gasteiger partial charge in [0.05, 0.1) is 18.5 Å². The Morgan fingerprint density at radius 3 is 2.57 bits per heavy atom. The molecule has 0 aliphatic heterocycles.